The molecule has 1 saturated heterocycles. The number of amides is 2. The largest absolute Gasteiger partial charge is 0.352 e. The van der Waals surface area contributed by atoms with Crippen molar-refractivity contribution in [3.8, 4) is 5.82 Å². The quantitative estimate of drug-likeness (QED) is 0.497. The molecular formula is C26H25N5O2. The molecular weight excluding hydrogens is 414 g/mol. The minimum atomic E-state index is -0.355. The summed E-state index contributed by atoms with van der Waals surface area (Å²) in [5.74, 6) is 0.302. The normalized spacial score (nSPS) is 15.8. The van der Waals surface area contributed by atoms with Gasteiger partial charge >= 0.3 is 0 Å². The standard InChI is InChI=1S/C26H25N5O2/c1-2-19-7-3-5-9-22(19)30-16-20(13-25(30)32)26(33)28-15-18-11-12-24(27-14-18)31-17-29-21-8-4-6-10-23(21)31/h3-12,14,17,20H,2,13,15-16H2,1H3,(H,28,33). The van der Waals surface area contributed by atoms with Crippen LogP contribution in [-0.4, -0.2) is 32.9 Å². The summed E-state index contributed by atoms with van der Waals surface area (Å²) in [5.41, 5.74) is 4.83. The van der Waals surface area contributed by atoms with Crippen molar-refractivity contribution in [1.29, 1.82) is 0 Å². The van der Waals surface area contributed by atoms with Gasteiger partial charge in [0.1, 0.15) is 12.1 Å². The number of nitrogens with zero attached hydrogens (tertiary/aromatic N) is 4. The Balaban J connectivity index is 1.22. The molecule has 166 valence electrons. The molecule has 33 heavy (non-hydrogen) atoms. The first-order valence-electron chi connectivity index (χ1n) is 11.2. The summed E-state index contributed by atoms with van der Waals surface area (Å²) in [6.07, 6.45) is 4.59. The molecule has 2 aromatic heterocycles. The lowest BCUT2D eigenvalue weighted by atomic mass is 10.1. The highest BCUT2D eigenvalue weighted by Gasteiger charge is 2.35. The molecule has 5 rings (SSSR count). The summed E-state index contributed by atoms with van der Waals surface area (Å²) in [6.45, 7) is 2.85. The number of aryl methyl sites for hydroxylation is 1. The van der Waals surface area contributed by atoms with Crippen molar-refractivity contribution in [1.82, 2.24) is 19.9 Å². The number of carbonyl (C=O) groups is 2. The number of aromatic nitrogens is 3. The highest BCUT2D eigenvalue weighted by atomic mass is 16.2. The Morgan fingerprint density at radius 3 is 2.70 bits per heavy atom. The molecule has 0 spiro atoms. The molecule has 1 fully saturated rings. The van der Waals surface area contributed by atoms with Crippen LogP contribution in [-0.2, 0) is 22.6 Å². The maximum Gasteiger partial charge on any atom is 0.227 e. The van der Waals surface area contributed by atoms with Crippen molar-refractivity contribution >= 4 is 28.5 Å². The van der Waals surface area contributed by atoms with Gasteiger partial charge in [-0.3, -0.25) is 14.2 Å². The van der Waals surface area contributed by atoms with Crippen LogP contribution >= 0.6 is 0 Å². The lowest BCUT2D eigenvalue weighted by Gasteiger charge is -2.20. The number of para-hydroxylation sites is 3. The molecule has 1 unspecified atom stereocenters. The van der Waals surface area contributed by atoms with Gasteiger partial charge in [-0.15, -0.1) is 0 Å². The van der Waals surface area contributed by atoms with Gasteiger partial charge in [0.05, 0.1) is 17.0 Å². The summed E-state index contributed by atoms with van der Waals surface area (Å²) in [4.78, 5) is 36.1. The first kappa shape index (κ1) is 20.9. The van der Waals surface area contributed by atoms with Crippen LogP contribution in [0.1, 0.15) is 24.5 Å². The number of benzene rings is 2. The third-order valence-corrected chi connectivity index (χ3v) is 6.14. The number of nitrogens with one attached hydrogen (secondary N) is 1. The minimum absolute atomic E-state index is 0.00497. The van der Waals surface area contributed by atoms with Crippen LogP contribution in [0, 0.1) is 5.92 Å². The number of hydrogen-bond acceptors (Lipinski definition) is 4. The maximum atomic E-state index is 12.8. The summed E-state index contributed by atoms with van der Waals surface area (Å²) in [5, 5.41) is 2.97. The van der Waals surface area contributed by atoms with Crippen LogP contribution in [0.15, 0.2) is 73.2 Å². The highest BCUT2D eigenvalue weighted by molar-refractivity contribution is 6.00. The van der Waals surface area contributed by atoms with Crippen molar-refractivity contribution in [2.75, 3.05) is 11.4 Å². The molecule has 0 radical (unpaired) electrons. The van der Waals surface area contributed by atoms with E-state index < -0.39 is 0 Å². The van der Waals surface area contributed by atoms with Gasteiger partial charge in [-0.05, 0) is 41.8 Å². The number of hydrogen-bond donors (Lipinski definition) is 1. The second kappa shape index (κ2) is 8.86. The number of fused-ring (bicyclic) bond motifs is 1. The molecule has 1 atom stereocenters. The van der Waals surface area contributed by atoms with E-state index in [1.165, 1.54) is 0 Å². The fraction of sp³-hybridized carbons (Fsp3) is 0.231. The zero-order valence-electron chi connectivity index (χ0n) is 18.4. The first-order valence-corrected chi connectivity index (χ1v) is 11.2. The van der Waals surface area contributed by atoms with Gasteiger partial charge in [-0.2, -0.15) is 0 Å². The lowest BCUT2D eigenvalue weighted by Crippen LogP contribution is -2.32. The van der Waals surface area contributed by atoms with Gasteiger partial charge in [0, 0.05) is 31.4 Å². The zero-order valence-corrected chi connectivity index (χ0v) is 18.4. The van der Waals surface area contributed by atoms with Crippen LogP contribution in [0.5, 0.6) is 0 Å². The zero-order chi connectivity index (χ0) is 22.8. The molecule has 0 saturated carbocycles. The number of rotatable bonds is 6. The molecule has 7 nitrogen and oxygen atoms in total. The number of pyridine rings is 1. The SMILES string of the molecule is CCc1ccccc1N1CC(C(=O)NCc2ccc(-n3cnc4ccccc43)nc2)CC1=O. The van der Waals surface area contributed by atoms with E-state index in [2.05, 4.69) is 22.2 Å². The van der Waals surface area contributed by atoms with Crippen molar-refractivity contribution in [3.05, 3.63) is 84.3 Å². The average Bonchev–Trinajstić information content (AvgIpc) is 3.46. The Hall–Kier alpha value is -4.00. The van der Waals surface area contributed by atoms with E-state index in [-0.39, 0.29) is 24.2 Å². The Morgan fingerprint density at radius 1 is 1.06 bits per heavy atom. The molecule has 4 aromatic rings. The molecule has 1 aliphatic rings. The van der Waals surface area contributed by atoms with Crippen molar-refractivity contribution in [2.24, 2.45) is 5.92 Å². The molecule has 3 heterocycles. The fourth-order valence-electron chi connectivity index (χ4n) is 4.33. The summed E-state index contributed by atoms with van der Waals surface area (Å²) >= 11 is 0. The van der Waals surface area contributed by atoms with Crippen LogP contribution < -0.4 is 10.2 Å². The number of carbonyl (C=O) groups excluding carboxylic acids is 2. The summed E-state index contributed by atoms with van der Waals surface area (Å²) in [7, 11) is 0. The molecule has 7 heteroatoms. The maximum absolute atomic E-state index is 12.8. The Labute approximate surface area is 192 Å². The van der Waals surface area contributed by atoms with E-state index in [4.69, 9.17) is 0 Å². The van der Waals surface area contributed by atoms with Crippen LogP contribution in [0.25, 0.3) is 16.9 Å². The van der Waals surface area contributed by atoms with Crippen molar-refractivity contribution in [3.63, 3.8) is 0 Å². The third-order valence-electron chi connectivity index (χ3n) is 6.14. The van der Waals surface area contributed by atoms with E-state index >= 15 is 0 Å². The predicted octanol–water partition coefficient (Wildman–Crippen LogP) is 3.65. The van der Waals surface area contributed by atoms with Gasteiger partial charge in [0.25, 0.3) is 0 Å². The van der Waals surface area contributed by atoms with Crippen molar-refractivity contribution in [2.45, 2.75) is 26.3 Å². The van der Waals surface area contributed by atoms with E-state index in [9.17, 15) is 9.59 Å². The number of imidazole rings is 1. The minimum Gasteiger partial charge on any atom is -0.352 e. The molecule has 1 aliphatic heterocycles. The van der Waals surface area contributed by atoms with Gasteiger partial charge in [0.15, 0.2) is 0 Å². The summed E-state index contributed by atoms with van der Waals surface area (Å²) < 4.78 is 1.94. The Kier molecular flexibility index (Phi) is 5.60. The molecule has 0 bridgehead atoms. The second-order valence-electron chi connectivity index (χ2n) is 8.23. The first-order chi connectivity index (χ1) is 16.1. The van der Waals surface area contributed by atoms with Gasteiger partial charge in [-0.1, -0.05) is 43.3 Å². The van der Waals surface area contributed by atoms with E-state index in [0.29, 0.717) is 13.1 Å². The topological polar surface area (TPSA) is 80.1 Å². The van der Waals surface area contributed by atoms with E-state index in [1.807, 2.05) is 65.2 Å². The molecule has 2 aromatic carbocycles. The van der Waals surface area contributed by atoms with Crippen LogP contribution in [0.2, 0.25) is 0 Å². The monoisotopic (exact) mass is 439 g/mol. The fourth-order valence-corrected chi connectivity index (χ4v) is 4.33. The summed E-state index contributed by atoms with van der Waals surface area (Å²) in [6, 6.07) is 19.6. The van der Waals surface area contributed by atoms with Crippen LogP contribution in [0.3, 0.4) is 0 Å². The van der Waals surface area contributed by atoms with Gasteiger partial charge in [0.2, 0.25) is 11.8 Å². The smallest absolute Gasteiger partial charge is 0.227 e. The van der Waals surface area contributed by atoms with Gasteiger partial charge in [-0.25, -0.2) is 9.97 Å². The Morgan fingerprint density at radius 2 is 1.88 bits per heavy atom. The third kappa shape index (κ3) is 4.09. The van der Waals surface area contributed by atoms with E-state index in [0.717, 1.165) is 40.1 Å². The molecule has 2 amide bonds. The van der Waals surface area contributed by atoms with Crippen LogP contribution in [0.4, 0.5) is 5.69 Å². The van der Waals surface area contributed by atoms with E-state index in [1.54, 1.807) is 17.4 Å². The highest BCUT2D eigenvalue weighted by Crippen LogP contribution is 2.28. The number of anilines is 1. The molecule has 1 N–H and O–H groups in total. The van der Waals surface area contributed by atoms with Gasteiger partial charge < -0.3 is 10.2 Å². The van der Waals surface area contributed by atoms with Crippen molar-refractivity contribution < 1.29 is 9.59 Å². The second-order valence-corrected chi connectivity index (χ2v) is 8.23. The molecule has 0 aliphatic carbocycles. The average molecular weight is 440 g/mol. The lowest BCUT2D eigenvalue weighted by molar-refractivity contribution is -0.126. The Bertz CT molecular complexity index is 1310. The predicted molar refractivity (Wildman–Crippen MR) is 127 cm³/mol.